The van der Waals surface area contributed by atoms with Crippen molar-refractivity contribution >= 4 is 35.3 Å². The van der Waals surface area contributed by atoms with Gasteiger partial charge < -0.3 is 28.4 Å². The third kappa shape index (κ3) is 19.9. The summed E-state index contributed by atoms with van der Waals surface area (Å²) in [6, 6.07) is 0. The molecule has 9 aliphatic rings. The topological polar surface area (TPSA) is 158 Å². The first-order chi connectivity index (χ1) is 41.4. The van der Waals surface area contributed by atoms with E-state index in [9.17, 15) is 28.8 Å². The van der Waals surface area contributed by atoms with Crippen LogP contribution >= 0.6 is 0 Å². The molecule has 12 nitrogen and oxygen atoms in total. The summed E-state index contributed by atoms with van der Waals surface area (Å²) in [5.41, 5.74) is 1.06. The molecule has 0 heterocycles. The zero-order valence-corrected chi connectivity index (χ0v) is 57.2. The Kier molecular flexibility index (Phi) is 27.8. The number of ketones is 3. The summed E-state index contributed by atoms with van der Waals surface area (Å²) in [5.74, 6) is 4.84. The molecule has 0 aromatic rings. The van der Waals surface area contributed by atoms with Crippen LogP contribution in [0.3, 0.4) is 0 Å². The average molecular weight is 1240 g/mol. The first-order valence-electron chi connectivity index (χ1n) is 36.2. The number of Topliss-reactive ketones (excluding diaryl/α,β-unsaturated/α-hetero) is 3. The Morgan fingerprint density at radius 2 is 0.552 bits per heavy atom. The van der Waals surface area contributed by atoms with Crippen molar-refractivity contribution in [2.24, 2.45) is 87.3 Å². The Bertz CT molecular complexity index is 2170. The van der Waals surface area contributed by atoms with E-state index < -0.39 is 0 Å². The molecular weight excluding hydrogens is 1090 g/mol. The molecule has 0 bridgehead atoms. The molecule has 516 valence electrons. The maximum atomic E-state index is 12.8. The molecule has 9 saturated carbocycles. The van der Waals surface area contributed by atoms with Gasteiger partial charge in [0, 0.05) is 51.9 Å². The second-order valence-electron chi connectivity index (χ2n) is 31.8. The van der Waals surface area contributed by atoms with Gasteiger partial charge in [-0.2, -0.15) is 0 Å². The second-order valence-corrected chi connectivity index (χ2v) is 31.8. The molecule has 9 fully saturated rings. The number of carbonyl (C=O) groups excluding carboxylic acids is 6. The number of rotatable bonds is 18. The Labute approximate surface area is 542 Å². The Hall–Kier alpha value is -2.70. The normalized spacial score (nSPS) is 36.4. The Morgan fingerprint density at radius 1 is 0.276 bits per heavy atom. The summed E-state index contributed by atoms with van der Waals surface area (Å²) in [7, 11) is 5.52. The molecule has 4 atom stereocenters. The number of esters is 3. The number of methoxy groups -OCH3 is 3. The van der Waals surface area contributed by atoms with Gasteiger partial charge in [0.05, 0.1) is 36.1 Å². The smallest absolute Gasteiger partial charge is 0.309 e. The lowest BCUT2D eigenvalue weighted by atomic mass is 9.60. The molecule has 0 aromatic heterocycles. The van der Waals surface area contributed by atoms with Crippen LogP contribution in [0.1, 0.15) is 306 Å². The standard InChI is InChI=1S/3C25H42O4.9H2/c1-17(26)18-5-7-19(8-6-18)24(27)29-23-15-11-21(12-16-23)25(2,3)20-9-13-22(28-4)14-10-20;1-17(26)18-6-5-7-19(16-18)24(27)29-23-14-10-21(11-15-23)25(2,3)20-8-12-22(28-4)13-9-20;1-17(26)22-7-5-6-8-23(22)24(27)29-21-15-11-19(12-16-21)25(2,3)18-9-13-20(28-4)14-10-18;;;;;;;;;/h3*18-23H,5-16H2,1-4H3;9*1H. The van der Waals surface area contributed by atoms with Gasteiger partial charge in [0.2, 0.25) is 0 Å². The van der Waals surface area contributed by atoms with Crippen LogP contribution in [-0.4, -0.2) is 93.2 Å². The summed E-state index contributed by atoms with van der Waals surface area (Å²) in [5, 5.41) is 0. The molecule has 0 aromatic carbocycles. The van der Waals surface area contributed by atoms with Gasteiger partial charge in [-0.3, -0.25) is 28.8 Å². The fourth-order valence-corrected chi connectivity index (χ4v) is 19.1. The molecule has 4 unspecified atom stereocenters. The van der Waals surface area contributed by atoms with Crippen LogP contribution in [0, 0.1) is 87.3 Å². The summed E-state index contributed by atoms with van der Waals surface area (Å²) >= 11 is 0. The first kappa shape index (κ1) is 71.7. The van der Waals surface area contributed by atoms with Gasteiger partial charge >= 0.3 is 17.9 Å². The highest BCUT2D eigenvalue weighted by Gasteiger charge is 2.46. The average Bonchev–Trinajstić information content (AvgIpc) is 0.820. The lowest BCUT2D eigenvalue weighted by Gasteiger charge is -2.46. The largest absolute Gasteiger partial charge is 0.462 e. The molecule has 87 heavy (non-hydrogen) atoms. The van der Waals surface area contributed by atoms with Crippen LogP contribution in [-0.2, 0) is 57.2 Å². The van der Waals surface area contributed by atoms with Gasteiger partial charge in [-0.15, -0.1) is 0 Å². The van der Waals surface area contributed by atoms with Crippen molar-refractivity contribution < 1.29 is 70.0 Å². The van der Waals surface area contributed by atoms with Crippen LogP contribution < -0.4 is 0 Å². The zero-order chi connectivity index (χ0) is 63.1. The van der Waals surface area contributed by atoms with Gasteiger partial charge in [0.25, 0.3) is 0 Å². The number of hydrogen-bond donors (Lipinski definition) is 0. The van der Waals surface area contributed by atoms with Gasteiger partial charge in [-0.1, -0.05) is 60.8 Å². The fraction of sp³-hybridized carbons (Fsp3) is 0.920. The van der Waals surface area contributed by atoms with E-state index >= 15 is 0 Å². The maximum absolute atomic E-state index is 12.8. The third-order valence-electron chi connectivity index (χ3n) is 26.0. The summed E-state index contributed by atoms with van der Waals surface area (Å²) < 4.78 is 34.4. The first-order valence-corrected chi connectivity index (χ1v) is 36.2. The van der Waals surface area contributed by atoms with Crippen molar-refractivity contribution in [2.45, 2.75) is 330 Å². The molecule has 0 N–H and O–H groups in total. The highest BCUT2D eigenvalue weighted by molar-refractivity contribution is 5.85. The summed E-state index contributed by atoms with van der Waals surface area (Å²) in [4.78, 5) is 73.2. The quantitative estimate of drug-likeness (QED) is 0.0946. The molecule has 9 rings (SSSR count). The molecule has 0 radical (unpaired) electrons. The van der Waals surface area contributed by atoms with Crippen molar-refractivity contribution in [3.63, 3.8) is 0 Å². The molecule has 0 saturated heterocycles. The van der Waals surface area contributed by atoms with E-state index in [4.69, 9.17) is 28.4 Å². The second kappa shape index (κ2) is 33.7. The fourth-order valence-electron chi connectivity index (χ4n) is 19.1. The number of hydrogen-bond acceptors (Lipinski definition) is 12. The third-order valence-corrected chi connectivity index (χ3v) is 26.0. The van der Waals surface area contributed by atoms with Gasteiger partial charge in [-0.25, -0.2) is 0 Å². The van der Waals surface area contributed by atoms with Crippen LogP contribution in [0.15, 0.2) is 0 Å². The van der Waals surface area contributed by atoms with Gasteiger partial charge in [0.15, 0.2) is 0 Å². The molecule has 0 amide bonds. The highest BCUT2D eigenvalue weighted by Crippen LogP contribution is 2.52. The van der Waals surface area contributed by atoms with Crippen molar-refractivity contribution in [3.05, 3.63) is 0 Å². The molecule has 12 heteroatoms. The van der Waals surface area contributed by atoms with E-state index in [1.165, 1.54) is 89.9 Å². The van der Waals surface area contributed by atoms with Crippen molar-refractivity contribution in [2.75, 3.05) is 21.3 Å². The molecular formula is C75H144O12. The number of ether oxygens (including phenoxy) is 6. The van der Waals surface area contributed by atoms with E-state index in [2.05, 4.69) is 41.5 Å². The van der Waals surface area contributed by atoms with E-state index in [-0.39, 0.29) is 102 Å². The van der Waals surface area contributed by atoms with Crippen LogP contribution in [0.5, 0.6) is 0 Å². The summed E-state index contributed by atoms with van der Waals surface area (Å²) in [6.07, 6.45) is 39.9. The SMILES string of the molecule is COC1CCC(C(C)(C)C2CCC(OC(=O)C3CCC(C(C)=O)CC3)CC2)CC1.COC1CCC(C(C)(C)C2CCC(OC(=O)C3CCCC(C(C)=O)C3)CC2)CC1.COC1CCC(C(C)(C)C2CCC(OC(=O)C3CCCCC3C(C)=O)CC2)CC1.[HH].[HH].[HH].[HH].[HH].[HH].[HH].[HH].[HH]. The molecule has 9 aliphatic carbocycles. The zero-order valence-electron chi connectivity index (χ0n) is 57.2. The minimum Gasteiger partial charge on any atom is -0.462 e. The van der Waals surface area contributed by atoms with Gasteiger partial charge in [-0.05, 0) is 284 Å². The van der Waals surface area contributed by atoms with E-state index in [0.717, 1.165) is 164 Å². The van der Waals surface area contributed by atoms with Crippen LogP contribution in [0.25, 0.3) is 0 Å². The minimum atomic E-state index is -0.202. The van der Waals surface area contributed by atoms with E-state index in [1.807, 2.05) is 21.3 Å². The van der Waals surface area contributed by atoms with Gasteiger partial charge in [0.1, 0.15) is 35.7 Å². The monoisotopic (exact) mass is 1240 g/mol. The van der Waals surface area contributed by atoms with Crippen LogP contribution in [0.4, 0.5) is 0 Å². The predicted molar refractivity (Wildman–Crippen MR) is 363 cm³/mol. The van der Waals surface area contributed by atoms with Crippen molar-refractivity contribution in [1.82, 2.24) is 0 Å². The highest BCUT2D eigenvalue weighted by atomic mass is 16.6. The van der Waals surface area contributed by atoms with E-state index in [1.54, 1.807) is 20.8 Å². The maximum Gasteiger partial charge on any atom is 0.309 e. The Morgan fingerprint density at radius 3 is 0.862 bits per heavy atom. The minimum absolute atomic E-state index is 0. The number of carbonyl (C=O) groups is 6. The lowest BCUT2D eigenvalue weighted by Crippen LogP contribution is -2.40. The summed E-state index contributed by atoms with van der Waals surface area (Å²) in [6.45, 7) is 19.7. The predicted octanol–water partition coefficient (Wildman–Crippen LogP) is 19.4. The van der Waals surface area contributed by atoms with Crippen molar-refractivity contribution in [3.8, 4) is 0 Å². The molecule has 0 spiro atoms. The molecule has 0 aliphatic heterocycles. The Balaban J connectivity index is -0.00000129. The lowest BCUT2D eigenvalue weighted by molar-refractivity contribution is -0.162. The van der Waals surface area contributed by atoms with Crippen LogP contribution in [0.2, 0.25) is 0 Å². The van der Waals surface area contributed by atoms with Crippen molar-refractivity contribution in [1.29, 1.82) is 0 Å². The van der Waals surface area contributed by atoms with E-state index in [0.29, 0.717) is 46.9 Å².